The number of nitrogens with one attached hydrogen (secondary N) is 1. The van der Waals surface area contributed by atoms with Crippen LogP contribution in [0.3, 0.4) is 0 Å². The van der Waals surface area contributed by atoms with Gasteiger partial charge in [0.1, 0.15) is 6.10 Å². The van der Waals surface area contributed by atoms with Crippen LogP contribution in [-0.4, -0.2) is 56.9 Å². The van der Waals surface area contributed by atoms with Crippen LogP contribution >= 0.6 is 0 Å². The summed E-state index contributed by atoms with van der Waals surface area (Å²) in [6, 6.07) is 5.62. The summed E-state index contributed by atoms with van der Waals surface area (Å²) in [6.07, 6.45) is 1.83. The van der Waals surface area contributed by atoms with Crippen LogP contribution in [0.1, 0.15) is 24.5 Å². The Bertz CT molecular complexity index is 453. The lowest BCUT2D eigenvalue weighted by atomic mass is 10.1. The number of aliphatic hydroxyl groups is 1. The van der Waals surface area contributed by atoms with Crippen molar-refractivity contribution in [3.8, 4) is 11.5 Å². The Labute approximate surface area is 126 Å². The topological polar surface area (TPSA) is 54.0 Å². The minimum absolute atomic E-state index is 0.175. The van der Waals surface area contributed by atoms with E-state index in [1.165, 1.54) is 0 Å². The Hall–Kier alpha value is -1.30. The van der Waals surface area contributed by atoms with Crippen LogP contribution in [0, 0.1) is 0 Å². The average Bonchev–Trinajstić information content (AvgIpc) is 2.47. The molecule has 1 aromatic rings. The van der Waals surface area contributed by atoms with Gasteiger partial charge in [-0.1, -0.05) is 6.07 Å². The zero-order chi connectivity index (χ0) is 15.2. The van der Waals surface area contributed by atoms with E-state index >= 15 is 0 Å². The van der Waals surface area contributed by atoms with Gasteiger partial charge in [0.25, 0.3) is 0 Å². The van der Waals surface area contributed by atoms with Crippen LogP contribution in [0.5, 0.6) is 11.5 Å². The summed E-state index contributed by atoms with van der Waals surface area (Å²) in [5.41, 5.74) is 0.837. The molecule has 1 aromatic carbocycles. The number of methoxy groups -OCH3 is 1. The van der Waals surface area contributed by atoms with E-state index in [9.17, 15) is 5.11 Å². The van der Waals surface area contributed by atoms with Crippen molar-refractivity contribution in [3.05, 3.63) is 23.8 Å². The van der Waals surface area contributed by atoms with Gasteiger partial charge >= 0.3 is 0 Å². The summed E-state index contributed by atoms with van der Waals surface area (Å²) in [5.74, 6) is 1.43. The number of hydrogen-bond donors (Lipinski definition) is 2. The van der Waals surface area contributed by atoms with Crippen molar-refractivity contribution >= 4 is 0 Å². The number of benzene rings is 1. The Morgan fingerprint density at radius 1 is 1.43 bits per heavy atom. The van der Waals surface area contributed by atoms with Gasteiger partial charge < -0.3 is 24.8 Å². The third kappa shape index (κ3) is 4.33. The fourth-order valence-corrected chi connectivity index (χ4v) is 2.70. The first-order valence-corrected chi connectivity index (χ1v) is 7.50. The molecule has 1 saturated heterocycles. The predicted molar refractivity (Wildman–Crippen MR) is 83.0 cm³/mol. The molecule has 0 bridgehead atoms. The monoisotopic (exact) mass is 294 g/mol. The van der Waals surface area contributed by atoms with E-state index in [1.54, 1.807) is 7.11 Å². The van der Waals surface area contributed by atoms with Crippen molar-refractivity contribution in [1.82, 2.24) is 10.2 Å². The van der Waals surface area contributed by atoms with Gasteiger partial charge in [-0.05, 0) is 51.2 Å². The summed E-state index contributed by atoms with van der Waals surface area (Å²) in [5, 5.41) is 13.1. The standard InChI is InChI=1S/C16H26N2O3/c1-17-10-14(19)12-6-7-15(20-3)16(9-12)21-13-5-4-8-18(2)11-13/h6-7,9,13-14,17,19H,4-5,8,10-11H2,1-3H3. The second-order valence-corrected chi connectivity index (χ2v) is 5.63. The number of hydrogen-bond acceptors (Lipinski definition) is 5. The van der Waals surface area contributed by atoms with Gasteiger partial charge in [0.05, 0.1) is 13.2 Å². The van der Waals surface area contributed by atoms with Gasteiger partial charge in [0.15, 0.2) is 11.5 Å². The molecular weight excluding hydrogens is 268 g/mol. The third-order valence-corrected chi connectivity index (χ3v) is 3.84. The van der Waals surface area contributed by atoms with Crippen molar-refractivity contribution in [3.63, 3.8) is 0 Å². The maximum absolute atomic E-state index is 10.1. The molecule has 1 heterocycles. The molecule has 0 saturated carbocycles. The molecule has 0 aliphatic carbocycles. The number of ether oxygens (including phenoxy) is 2. The maximum Gasteiger partial charge on any atom is 0.162 e. The Balaban J connectivity index is 2.13. The number of likely N-dealkylation sites (N-methyl/N-ethyl adjacent to an activating group) is 2. The Morgan fingerprint density at radius 3 is 2.90 bits per heavy atom. The quantitative estimate of drug-likeness (QED) is 0.831. The lowest BCUT2D eigenvalue weighted by Crippen LogP contribution is -2.38. The molecule has 5 nitrogen and oxygen atoms in total. The fraction of sp³-hybridized carbons (Fsp3) is 0.625. The highest BCUT2D eigenvalue weighted by Crippen LogP contribution is 2.32. The third-order valence-electron chi connectivity index (χ3n) is 3.84. The minimum atomic E-state index is -0.544. The van der Waals surface area contributed by atoms with Gasteiger partial charge in [0.2, 0.25) is 0 Å². The Kier molecular flexibility index (Phi) is 5.85. The first kappa shape index (κ1) is 16.1. The molecule has 2 N–H and O–H groups in total. The van der Waals surface area contributed by atoms with E-state index in [2.05, 4.69) is 17.3 Å². The lowest BCUT2D eigenvalue weighted by Gasteiger charge is -2.30. The van der Waals surface area contributed by atoms with E-state index in [0.29, 0.717) is 18.0 Å². The second kappa shape index (κ2) is 7.64. The summed E-state index contributed by atoms with van der Waals surface area (Å²) in [4.78, 5) is 2.28. The number of aliphatic hydroxyl groups excluding tert-OH is 1. The van der Waals surface area contributed by atoms with E-state index < -0.39 is 6.10 Å². The van der Waals surface area contributed by atoms with Crippen LogP contribution in [0.2, 0.25) is 0 Å². The lowest BCUT2D eigenvalue weighted by molar-refractivity contribution is 0.101. The van der Waals surface area contributed by atoms with Gasteiger partial charge in [0, 0.05) is 13.1 Å². The SMILES string of the molecule is CNCC(O)c1ccc(OC)c(OC2CCCN(C)C2)c1. The molecule has 1 aliphatic heterocycles. The number of piperidine rings is 1. The molecule has 5 heteroatoms. The fourth-order valence-electron chi connectivity index (χ4n) is 2.70. The van der Waals surface area contributed by atoms with Crippen molar-refractivity contribution < 1.29 is 14.6 Å². The summed E-state index contributed by atoms with van der Waals surface area (Å²) < 4.78 is 11.5. The minimum Gasteiger partial charge on any atom is -0.493 e. The molecule has 2 atom stereocenters. The Morgan fingerprint density at radius 2 is 2.24 bits per heavy atom. The van der Waals surface area contributed by atoms with Gasteiger partial charge in [-0.2, -0.15) is 0 Å². The molecule has 0 aromatic heterocycles. The number of nitrogens with zero attached hydrogens (tertiary/aromatic N) is 1. The first-order valence-electron chi connectivity index (χ1n) is 7.50. The molecular formula is C16H26N2O3. The summed E-state index contributed by atoms with van der Waals surface area (Å²) in [6.45, 7) is 2.56. The van der Waals surface area contributed by atoms with E-state index in [1.807, 2.05) is 25.2 Å². The first-order chi connectivity index (χ1) is 10.1. The van der Waals surface area contributed by atoms with Crippen LogP contribution in [0.4, 0.5) is 0 Å². The van der Waals surface area contributed by atoms with Gasteiger partial charge in [-0.25, -0.2) is 0 Å². The predicted octanol–water partition coefficient (Wildman–Crippen LogP) is 1.42. The molecule has 1 fully saturated rings. The molecule has 118 valence electrons. The highest BCUT2D eigenvalue weighted by Gasteiger charge is 2.21. The van der Waals surface area contributed by atoms with Crippen molar-refractivity contribution in [2.45, 2.75) is 25.0 Å². The highest BCUT2D eigenvalue weighted by molar-refractivity contribution is 5.43. The van der Waals surface area contributed by atoms with E-state index in [4.69, 9.17) is 9.47 Å². The molecule has 2 unspecified atom stereocenters. The highest BCUT2D eigenvalue weighted by atomic mass is 16.5. The summed E-state index contributed by atoms with van der Waals surface area (Å²) in [7, 11) is 5.57. The average molecular weight is 294 g/mol. The van der Waals surface area contributed by atoms with Crippen LogP contribution in [0.15, 0.2) is 18.2 Å². The largest absolute Gasteiger partial charge is 0.493 e. The molecule has 0 amide bonds. The van der Waals surface area contributed by atoms with Gasteiger partial charge in [-0.15, -0.1) is 0 Å². The normalized spacial score (nSPS) is 21.0. The zero-order valence-corrected chi connectivity index (χ0v) is 13.1. The summed E-state index contributed by atoms with van der Waals surface area (Å²) >= 11 is 0. The van der Waals surface area contributed by atoms with E-state index in [0.717, 1.165) is 31.5 Å². The molecule has 2 rings (SSSR count). The number of rotatable bonds is 6. The molecule has 0 spiro atoms. The molecule has 21 heavy (non-hydrogen) atoms. The van der Waals surface area contributed by atoms with Crippen molar-refractivity contribution in [1.29, 1.82) is 0 Å². The zero-order valence-electron chi connectivity index (χ0n) is 13.1. The van der Waals surface area contributed by atoms with Crippen molar-refractivity contribution in [2.24, 2.45) is 0 Å². The van der Waals surface area contributed by atoms with Crippen LogP contribution in [0.25, 0.3) is 0 Å². The van der Waals surface area contributed by atoms with Gasteiger partial charge in [-0.3, -0.25) is 0 Å². The van der Waals surface area contributed by atoms with Crippen molar-refractivity contribution in [2.75, 3.05) is 40.8 Å². The van der Waals surface area contributed by atoms with E-state index in [-0.39, 0.29) is 6.10 Å². The second-order valence-electron chi connectivity index (χ2n) is 5.63. The van der Waals surface area contributed by atoms with Crippen LogP contribution in [-0.2, 0) is 0 Å². The smallest absolute Gasteiger partial charge is 0.162 e. The number of likely N-dealkylation sites (tertiary alicyclic amines) is 1. The molecule has 1 aliphatic rings. The van der Waals surface area contributed by atoms with Crippen LogP contribution < -0.4 is 14.8 Å². The molecule has 0 radical (unpaired) electrons. The maximum atomic E-state index is 10.1.